The molecule has 3 aromatic carbocycles. The Bertz CT molecular complexity index is 1450. The molecule has 37 heavy (non-hydrogen) atoms. The molecule has 5 rings (SSSR count). The molecule has 7 nitrogen and oxygen atoms in total. The topological polar surface area (TPSA) is 77.7 Å². The molecule has 0 aliphatic carbocycles. The Kier molecular flexibility index (Phi) is 7.23. The number of hydrogen-bond acceptors (Lipinski definition) is 5. The number of piperazine rings is 1. The van der Waals surface area contributed by atoms with Gasteiger partial charge in [0.25, 0.3) is 11.5 Å². The zero-order valence-corrected chi connectivity index (χ0v) is 21.2. The number of carbonyl (C=O) groups excluding carboxylic acids is 1. The number of nitrogens with zero attached hydrogens (tertiary/aromatic N) is 2. The van der Waals surface area contributed by atoms with Crippen molar-refractivity contribution >= 4 is 22.4 Å². The monoisotopic (exact) mass is 496 g/mol. The van der Waals surface area contributed by atoms with E-state index < -0.39 is 0 Å². The van der Waals surface area contributed by atoms with Crippen LogP contribution in [0.1, 0.15) is 34.6 Å². The number of rotatable bonds is 7. The molecule has 2 N–H and O–H groups in total. The van der Waals surface area contributed by atoms with Gasteiger partial charge in [0.1, 0.15) is 11.3 Å². The summed E-state index contributed by atoms with van der Waals surface area (Å²) in [7, 11) is 1.68. The van der Waals surface area contributed by atoms with Crippen molar-refractivity contribution in [3.8, 4) is 5.75 Å². The van der Waals surface area contributed by atoms with Gasteiger partial charge in [0, 0.05) is 50.2 Å². The highest BCUT2D eigenvalue weighted by Gasteiger charge is 2.20. The SMILES string of the molecule is COc1cccc(N2CCN(Cc3ccc(C(=O)NC(C)c4cccc5ccccc45)c(=O)[nH]3)CC2)c1. The summed E-state index contributed by atoms with van der Waals surface area (Å²) in [5.41, 5.74) is 2.74. The van der Waals surface area contributed by atoms with E-state index in [9.17, 15) is 9.59 Å². The zero-order chi connectivity index (χ0) is 25.8. The van der Waals surface area contributed by atoms with E-state index in [1.54, 1.807) is 13.2 Å². The van der Waals surface area contributed by atoms with Crippen LogP contribution in [-0.2, 0) is 6.54 Å². The number of benzene rings is 3. The van der Waals surface area contributed by atoms with Crippen LogP contribution >= 0.6 is 0 Å². The van der Waals surface area contributed by atoms with Crippen molar-refractivity contribution in [3.05, 3.63) is 106 Å². The first kappa shape index (κ1) is 24.6. The molecule has 0 radical (unpaired) electrons. The van der Waals surface area contributed by atoms with Gasteiger partial charge in [-0.05, 0) is 47.5 Å². The van der Waals surface area contributed by atoms with Gasteiger partial charge in [0.05, 0.1) is 13.2 Å². The van der Waals surface area contributed by atoms with Crippen LogP contribution in [0, 0.1) is 0 Å². The molecule has 0 spiro atoms. The van der Waals surface area contributed by atoms with Crippen molar-refractivity contribution in [2.24, 2.45) is 0 Å². The van der Waals surface area contributed by atoms with Crippen molar-refractivity contribution < 1.29 is 9.53 Å². The third-order valence-corrected chi connectivity index (χ3v) is 7.04. The third-order valence-electron chi connectivity index (χ3n) is 7.04. The summed E-state index contributed by atoms with van der Waals surface area (Å²) >= 11 is 0. The number of hydrogen-bond donors (Lipinski definition) is 2. The van der Waals surface area contributed by atoms with Crippen LogP contribution in [0.4, 0.5) is 5.69 Å². The van der Waals surface area contributed by atoms with Gasteiger partial charge in [-0.2, -0.15) is 0 Å². The number of pyridine rings is 1. The highest BCUT2D eigenvalue weighted by atomic mass is 16.5. The van der Waals surface area contributed by atoms with Crippen LogP contribution < -0.4 is 20.5 Å². The average molecular weight is 497 g/mol. The Morgan fingerprint density at radius 2 is 1.73 bits per heavy atom. The van der Waals surface area contributed by atoms with E-state index in [1.807, 2.05) is 55.5 Å². The molecule has 0 bridgehead atoms. The van der Waals surface area contributed by atoms with Crippen LogP contribution in [0.2, 0.25) is 0 Å². The van der Waals surface area contributed by atoms with Gasteiger partial charge in [-0.25, -0.2) is 0 Å². The van der Waals surface area contributed by atoms with Crippen LogP contribution in [0.25, 0.3) is 10.8 Å². The smallest absolute Gasteiger partial charge is 0.261 e. The quantitative estimate of drug-likeness (QED) is 0.398. The Balaban J connectivity index is 1.20. The number of aromatic amines is 1. The van der Waals surface area contributed by atoms with E-state index in [1.165, 1.54) is 0 Å². The van der Waals surface area contributed by atoms with Gasteiger partial charge >= 0.3 is 0 Å². The summed E-state index contributed by atoms with van der Waals surface area (Å²) in [5, 5.41) is 5.20. The molecule has 1 saturated heterocycles. The van der Waals surface area contributed by atoms with Gasteiger partial charge in [0.2, 0.25) is 0 Å². The largest absolute Gasteiger partial charge is 0.497 e. The number of fused-ring (bicyclic) bond motifs is 1. The second-order valence-electron chi connectivity index (χ2n) is 9.45. The number of nitrogens with one attached hydrogen (secondary N) is 2. The van der Waals surface area contributed by atoms with Gasteiger partial charge in [-0.3, -0.25) is 14.5 Å². The Labute approximate surface area is 216 Å². The minimum Gasteiger partial charge on any atom is -0.497 e. The van der Waals surface area contributed by atoms with Crippen molar-refractivity contribution in [2.45, 2.75) is 19.5 Å². The summed E-state index contributed by atoms with van der Waals surface area (Å²) in [6, 6.07) is 25.5. The first-order valence-electron chi connectivity index (χ1n) is 12.6. The van der Waals surface area contributed by atoms with Crippen LogP contribution in [0.15, 0.2) is 83.7 Å². The Hall–Kier alpha value is -4.10. The summed E-state index contributed by atoms with van der Waals surface area (Å²) in [5.74, 6) is 0.480. The fourth-order valence-electron chi connectivity index (χ4n) is 4.98. The summed E-state index contributed by atoms with van der Waals surface area (Å²) in [4.78, 5) is 33.3. The molecule has 1 fully saturated rings. The van der Waals surface area contributed by atoms with Crippen molar-refractivity contribution in [3.63, 3.8) is 0 Å². The van der Waals surface area contributed by atoms with Gasteiger partial charge in [-0.1, -0.05) is 48.5 Å². The van der Waals surface area contributed by atoms with Gasteiger partial charge in [-0.15, -0.1) is 0 Å². The van der Waals surface area contributed by atoms with Crippen molar-refractivity contribution in [2.75, 3.05) is 38.2 Å². The molecule has 1 amide bonds. The predicted octanol–water partition coefficient (Wildman–Crippen LogP) is 4.35. The maximum Gasteiger partial charge on any atom is 0.261 e. The maximum absolute atomic E-state index is 12.9. The average Bonchev–Trinajstić information content (AvgIpc) is 2.93. The van der Waals surface area contributed by atoms with Gasteiger partial charge in [0.15, 0.2) is 0 Å². The van der Waals surface area contributed by atoms with E-state index in [2.05, 4.69) is 44.4 Å². The third kappa shape index (κ3) is 5.52. The number of carbonyl (C=O) groups is 1. The number of methoxy groups -OCH3 is 1. The molecule has 1 atom stereocenters. The highest BCUT2D eigenvalue weighted by molar-refractivity contribution is 5.94. The van der Waals surface area contributed by atoms with Crippen LogP contribution in [0.3, 0.4) is 0 Å². The molecule has 1 unspecified atom stereocenters. The van der Waals surface area contributed by atoms with Crippen LogP contribution in [0.5, 0.6) is 5.75 Å². The minimum atomic E-state index is -0.375. The lowest BCUT2D eigenvalue weighted by Crippen LogP contribution is -2.46. The van der Waals surface area contributed by atoms with E-state index >= 15 is 0 Å². The maximum atomic E-state index is 12.9. The molecular formula is C30H32N4O3. The lowest BCUT2D eigenvalue weighted by atomic mass is 9.99. The van der Waals surface area contributed by atoms with E-state index in [4.69, 9.17) is 4.74 Å². The number of amides is 1. The predicted molar refractivity (Wildman–Crippen MR) is 147 cm³/mol. The minimum absolute atomic E-state index is 0.124. The molecule has 1 aliphatic rings. The number of H-pyrrole nitrogens is 1. The first-order chi connectivity index (χ1) is 18.0. The molecule has 4 aromatic rings. The molecular weight excluding hydrogens is 464 g/mol. The van der Waals surface area contributed by atoms with E-state index in [-0.39, 0.29) is 23.1 Å². The second-order valence-corrected chi connectivity index (χ2v) is 9.45. The number of aromatic nitrogens is 1. The lowest BCUT2D eigenvalue weighted by molar-refractivity contribution is 0.0938. The van der Waals surface area contributed by atoms with E-state index in [0.717, 1.165) is 59.6 Å². The Morgan fingerprint density at radius 1 is 0.973 bits per heavy atom. The molecule has 2 heterocycles. The molecule has 0 saturated carbocycles. The Morgan fingerprint density at radius 3 is 2.51 bits per heavy atom. The second kappa shape index (κ2) is 10.9. The summed E-state index contributed by atoms with van der Waals surface area (Å²) in [6.45, 7) is 6.12. The number of anilines is 1. The normalized spacial score (nSPS) is 14.9. The zero-order valence-electron chi connectivity index (χ0n) is 21.2. The number of ether oxygens (including phenoxy) is 1. The molecule has 1 aliphatic heterocycles. The van der Waals surface area contributed by atoms with Crippen molar-refractivity contribution in [1.82, 2.24) is 15.2 Å². The molecule has 7 heteroatoms. The fourth-order valence-corrected chi connectivity index (χ4v) is 4.98. The van der Waals surface area contributed by atoms with E-state index in [0.29, 0.717) is 6.54 Å². The van der Waals surface area contributed by atoms with Crippen molar-refractivity contribution in [1.29, 1.82) is 0 Å². The fraction of sp³-hybridized carbons (Fsp3) is 0.267. The highest BCUT2D eigenvalue weighted by Crippen LogP contribution is 2.25. The standard InChI is InChI=1S/C30H32N4O3/c1-21(26-12-5-8-22-7-3-4-11-27(22)26)31-29(35)28-14-13-23(32-30(28)36)20-33-15-17-34(18-16-33)24-9-6-10-25(19-24)37-2/h3-14,19,21H,15-18,20H2,1-2H3,(H,31,35)(H,32,36). The van der Waals surface area contributed by atoms with Crippen LogP contribution in [-0.4, -0.2) is 49.1 Å². The molecule has 190 valence electrons. The first-order valence-corrected chi connectivity index (χ1v) is 12.6. The summed E-state index contributed by atoms with van der Waals surface area (Å²) < 4.78 is 5.34. The van der Waals surface area contributed by atoms with Gasteiger partial charge < -0.3 is 19.9 Å². The lowest BCUT2D eigenvalue weighted by Gasteiger charge is -2.36. The summed E-state index contributed by atoms with van der Waals surface area (Å²) in [6.07, 6.45) is 0. The molecule has 1 aromatic heterocycles.